The Morgan fingerprint density at radius 3 is 2.83 bits per heavy atom. The van der Waals surface area contributed by atoms with Crippen LogP contribution in [0.1, 0.15) is 74.2 Å². The normalized spacial score (nSPS) is 20.3. The van der Waals surface area contributed by atoms with Gasteiger partial charge in [0.15, 0.2) is 10.9 Å². The van der Waals surface area contributed by atoms with Crippen LogP contribution in [0.5, 0.6) is 0 Å². The van der Waals surface area contributed by atoms with Crippen LogP contribution in [-0.2, 0) is 17.6 Å². The van der Waals surface area contributed by atoms with Crippen LogP contribution in [0.25, 0.3) is 0 Å². The Morgan fingerprint density at radius 1 is 1.11 bits per heavy atom. The number of nitrogens with zero attached hydrogens (tertiary/aromatic N) is 5. The van der Waals surface area contributed by atoms with Crippen LogP contribution in [-0.4, -0.2) is 43.6 Å². The number of carbonyl (C=O) groups is 1. The number of fused-ring (bicyclic) bond motifs is 1. The molecule has 1 atom stereocenters. The van der Waals surface area contributed by atoms with Crippen molar-refractivity contribution in [3.05, 3.63) is 33.6 Å². The van der Waals surface area contributed by atoms with Gasteiger partial charge in [-0.15, -0.1) is 0 Å². The zero-order valence-electron chi connectivity index (χ0n) is 19.5. The first kappa shape index (κ1) is 22.7. The summed E-state index contributed by atoms with van der Waals surface area (Å²) in [5.41, 5.74) is 3.43. The van der Waals surface area contributed by atoms with Gasteiger partial charge in [-0.05, 0) is 44.9 Å². The molecule has 11 heteroatoms. The van der Waals surface area contributed by atoms with Gasteiger partial charge in [-0.1, -0.05) is 42.2 Å². The molecule has 3 aromatic rings. The van der Waals surface area contributed by atoms with E-state index >= 15 is 0 Å². The van der Waals surface area contributed by atoms with Crippen molar-refractivity contribution in [3.8, 4) is 0 Å². The van der Waals surface area contributed by atoms with E-state index in [9.17, 15) is 4.79 Å². The highest BCUT2D eigenvalue weighted by Gasteiger charge is 2.34. The van der Waals surface area contributed by atoms with Gasteiger partial charge in [0.2, 0.25) is 11.9 Å². The second-order valence-electron chi connectivity index (χ2n) is 9.63. The molecule has 35 heavy (non-hydrogen) atoms. The third-order valence-electron chi connectivity index (χ3n) is 7.33. The average Bonchev–Trinajstić information content (AvgIpc) is 3.67. The molecule has 1 aliphatic heterocycles. The van der Waals surface area contributed by atoms with Gasteiger partial charge in [0, 0.05) is 29.8 Å². The van der Waals surface area contributed by atoms with Gasteiger partial charge >= 0.3 is 0 Å². The van der Waals surface area contributed by atoms with Gasteiger partial charge in [-0.25, -0.2) is 9.97 Å². The molecular formula is C24H29ClN8OS. The number of thiazole rings is 1. The summed E-state index contributed by atoms with van der Waals surface area (Å²) < 4.78 is 0.547. The highest BCUT2D eigenvalue weighted by molar-refractivity contribution is 7.19. The summed E-state index contributed by atoms with van der Waals surface area (Å²) in [5, 5.41) is 14.7. The summed E-state index contributed by atoms with van der Waals surface area (Å²) in [6.45, 7) is 0.739. The Bertz CT molecular complexity index is 1220. The Labute approximate surface area is 213 Å². The number of aromatic nitrogens is 5. The van der Waals surface area contributed by atoms with Gasteiger partial charge in [-0.2, -0.15) is 10.1 Å². The maximum absolute atomic E-state index is 13.1. The number of rotatable bonds is 6. The fourth-order valence-corrected chi connectivity index (χ4v) is 6.39. The van der Waals surface area contributed by atoms with Crippen LogP contribution in [0.15, 0.2) is 12.3 Å². The maximum Gasteiger partial charge on any atom is 0.248 e. The molecule has 3 aromatic heterocycles. The number of hydrogen-bond donors (Lipinski definition) is 3. The predicted octanol–water partition coefficient (Wildman–Crippen LogP) is 5.20. The quantitative estimate of drug-likeness (QED) is 0.416. The molecule has 3 aliphatic rings. The fraction of sp³-hybridized carbons (Fsp3) is 0.542. The highest BCUT2D eigenvalue weighted by atomic mass is 35.5. The number of aromatic amines is 1. The molecule has 0 spiro atoms. The minimum absolute atomic E-state index is 0.100. The van der Waals surface area contributed by atoms with Crippen molar-refractivity contribution in [1.82, 2.24) is 25.1 Å². The van der Waals surface area contributed by atoms with Gasteiger partial charge in [0.25, 0.3) is 0 Å². The molecule has 1 amide bonds. The van der Waals surface area contributed by atoms with Crippen LogP contribution >= 0.6 is 22.9 Å². The lowest BCUT2D eigenvalue weighted by Crippen LogP contribution is -2.40. The number of H-pyrrole nitrogens is 1. The standard InChI is InChI=1S/C24H29ClN8OS/c25-19-13-26-24(35-19)30-22(34)18-10-5-11-33(18)23-27-16-9-4-8-15(16)21(29-23)28-20-12-17(31-32-20)14-6-2-1-3-7-14/h12-14,18H,1-11H2,(H,26,30,34)(H2,27,28,29,31,32)/t18-/m0/s1. The molecule has 2 fully saturated rings. The maximum atomic E-state index is 13.1. The SMILES string of the molecule is O=C(Nc1ncc(Cl)s1)[C@@H]1CCCN1c1nc2c(c(Nc3cc(C4CCCCC4)[nH]n3)n1)CCC2. The van der Waals surface area contributed by atoms with Crippen molar-refractivity contribution in [2.75, 3.05) is 22.1 Å². The number of aryl methyl sites for hydroxylation is 1. The van der Waals surface area contributed by atoms with Gasteiger partial charge in [0.05, 0.1) is 11.9 Å². The molecule has 0 unspecified atom stereocenters. The lowest BCUT2D eigenvalue weighted by atomic mass is 9.87. The summed E-state index contributed by atoms with van der Waals surface area (Å²) in [6, 6.07) is 1.79. The second-order valence-corrected chi connectivity index (χ2v) is 11.3. The number of anilines is 4. The number of hydrogen-bond acceptors (Lipinski definition) is 8. The summed E-state index contributed by atoms with van der Waals surface area (Å²) in [5.74, 6) is 2.67. The first-order valence-corrected chi connectivity index (χ1v) is 13.7. The summed E-state index contributed by atoms with van der Waals surface area (Å²) in [6.07, 6.45) is 12.5. The van der Waals surface area contributed by atoms with Gasteiger partial charge in [-0.3, -0.25) is 9.89 Å². The van der Waals surface area contributed by atoms with Gasteiger partial charge in [0.1, 0.15) is 16.2 Å². The van der Waals surface area contributed by atoms with E-state index < -0.39 is 0 Å². The van der Waals surface area contributed by atoms with Crippen LogP contribution < -0.4 is 15.5 Å². The van der Waals surface area contributed by atoms with Crippen LogP contribution in [0.2, 0.25) is 4.34 Å². The first-order valence-electron chi connectivity index (χ1n) is 12.5. The topological polar surface area (TPSA) is 112 Å². The van der Waals surface area contributed by atoms with Crippen molar-refractivity contribution in [1.29, 1.82) is 0 Å². The van der Waals surface area contributed by atoms with Gasteiger partial charge < -0.3 is 15.5 Å². The molecular weight excluding hydrogens is 484 g/mol. The number of carbonyl (C=O) groups excluding carboxylic acids is 1. The minimum atomic E-state index is -0.340. The summed E-state index contributed by atoms with van der Waals surface area (Å²) >= 11 is 7.23. The smallest absolute Gasteiger partial charge is 0.248 e. The summed E-state index contributed by atoms with van der Waals surface area (Å²) in [4.78, 5) is 29.0. The molecule has 184 valence electrons. The second kappa shape index (κ2) is 9.73. The third kappa shape index (κ3) is 4.73. The van der Waals surface area contributed by atoms with E-state index in [0.717, 1.165) is 61.5 Å². The molecule has 0 aromatic carbocycles. The van der Waals surface area contributed by atoms with E-state index in [-0.39, 0.29) is 11.9 Å². The Kier molecular flexibility index (Phi) is 6.32. The lowest BCUT2D eigenvalue weighted by molar-refractivity contribution is -0.117. The third-order valence-corrected chi connectivity index (χ3v) is 8.36. The van der Waals surface area contributed by atoms with Crippen LogP contribution in [0, 0.1) is 0 Å². The van der Waals surface area contributed by atoms with Crippen molar-refractivity contribution in [2.45, 2.75) is 76.2 Å². The van der Waals surface area contributed by atoms with Crippen molar-refractivity contribution < 1.29 is 4.79 Å². The molecule has 9 nitrogen and oxygen atoms in total. The number of halogens is 1. The molecule has 0 bridgehead atoms. The largest absolute Gasteiger partial charge is 0.329 e. The lowest BCUT2D eigenvalue weighted by Gasteiger charge is -2.24. The first-order chi connectivity index (χ1) is 17.1. The van der Waals surface area contributed by atoms with E-state index in [2.05, 4.69) is 31.9 Å². The molecule has 2 aliphatic carbocycles. The molecule has 3 N–H and O–H groups in total. The molecule has 4 heterocycles. The minimum Gasteiger partial charge on any atom is -0.329 e. The molecule has 1 saturated heterocycles. The highest BCUT2D eigenvalue weighted by Crippen LogP contribution is 2.35. The average molecular weight is 513 g/mol. The van der Waals surface area contributed by atoms with E-state index in [1.54, 1.807) is 6.20 Å². The Hall–Kier alpha value is -2.72. The zero-order valence-corrected chi connectivity index (χ0v) is 21.1. The number of nitrogens with one attached hydrogen (secondary N) is 3. The van der Waals surface area contributed by atoms with E-state index in [0.29, 0.717) is 21.3 Å². The van der Waals surface area contributed by atoms with Crippen molar-refractivity contribution >= 4 is 51.6 Å². The number of amides is 1. The van der Waals surface area contributed by atoms with E-state index in [1.807, 2.05) is 4.90 Å². The van der Waals surface area contributed by atoms with Crippen LogP contribution in [0.3, 0.4) is 0 Å². The Balaban J connectivity index is 1.23. The monoisotopic (exact) mass is 512 g/mol. The van der Waals surface area contributed by atoms with E-state index in [1.165, 1.54) is 49.1 Å². The molecule has 6 rings (SSSR count). The summed E-state index contributed by atoms with van der Waals surface area (Å²) in [7, 11) is 0. The fourth-order valence-electron chi connectivity index (χ4n) is 5.58. The molecule has 0 radical (unpaired) electrons. The predicted molar refractivity (Wildman–Crippen MR) is 138 cm³/mol. The van der Waals surface area contributed by atoms with Crippen molar-refractivity contribution in [2.24, 2.45) is 0 Å². The van der Waals surface area contributed by atoms with Crippen LogP contribution in [0.4, 0.5) is 22.7 Å². The van der Waals surface area contributed by atoms with Crippen molar-refractivity contribution in [3.63, 3.8) is 0 Å². The molecule has 1 saturated carbocycles. The zero-order chi connectivity index (χ0) is 23.8. The van der Waals surface area contributed by atoms with E-state index in [4.69, 9.17) is 21.6 Å². The Morgan fingerprint density at radius 2 is 2.00 bits per heavy atom.